The lowest BCUT2D eigenvalue weighted by Crippen LogP contribution is -2.70. The SMILES string of the molecule is CN(C)CCCOc1cc(-c2nc(C(=O)NC3(C(=O)O)C4CC5CC(C4)CC3C5)ccc2-c2ccccc2C(F)(F)F)ccc1Cl. The van der Waals surface area contributed by atoms with Gasteiger partial charge in [-0.25, -0.2) is 9.78 Å². The Kier molecular flexibility index (Phi) is 8.80. The van der Waals surface area contributed by atoms with Gasteiger partial charge in [0.15, 0.2) is 0 Å². The number of carbonyl (C=O) groups is 2. The van der Waals surface area contributed by atoms with Crippen LogP contribution < -0.4 is 10.1 Å². The molecule has 4 fully saturated rings. The maximum absolute atomic E-state index is 14.2. The number of nitrogens with zero attached hydrogens (tertiary/aromatic N) is 2. The van der Waals surface area contributed by atoms with Crippen LogP contribution in [0, 0.1) is 23.7 Å². The van der Waals surface area contributed by atoms with E-state index in [1.54, 1.807) is 18.2 Å². The molecule has 4 aliphatic carbocycles. The van der Waals surface area contributed by atoms with Gasteiger partial charge < -0.3 is 20.1 Å². The molecule has 1 heterocycles. The number of hydrogen-bond acceptors (Lipinski definition) is 5. The highest BCUT2D eigenvalue weighted by molar-refractivity contribution is 6.32. The Bertz CT molecular complexity index is 1620. The zero-order chi connectivity index (χ0) is 32.8. The zero-order valence-corrected chi connectivity index (χ0v) is 26.5. The molecule has 0 unspecified atom stereocenters. The predicted octanol–water partition coefficient (Wildman–Crippen LogP) is 7.43. The number of halogens is 4. The third kappa shape index (κ3) is 6.09. The number of benzene rings is 2. The molecule has 0 atom stereocenters. The van der Waals surface area contributed by atoms with Crippen LogP contribution in [-0.4, -0.2) is 59.7 Å². The van der Waals surface area contributed by atoms with Crippen LogP contribution in [0.3, 0.4) is 0 Å². The summed E-state index contributed by atoms with van der Waals surface area (Å²) in [5.41, 5.74) is -1.75. The highest BCUT2D eigenvalue weighted by Crippen LogP contribution is 2.58. The monoisotopic (exact) mass is 655 g/mol. The fraction of sp³-hybridized carbons (Fsp3) is 0.457. The van der Waals surface area contributed by atoms with Crippen molar-refractivity contribution in [2.45, 2.75) is 50.2 Å². The fourth-order valence-corrected chi connectivity index (χ4v) is 8.27. The first-order chi connectivity index (χ1) is 21.9. The molecule has 3 aromatic rings. The number of pyridine rings is 1. The molecule has 0 radical (unpaired) electrons. The fourth-order valence-electron chi connectivity index (χ4n) is 8.10. The Hall–Kier alpha value is -3.63. The number of rotatable bonds is 10. The molecule has 1 amide bonds. The van der Waals surface area contributed by atoms with Crippen molar-refractivity contribution in [3.05, 3.63) is 70.9 Å². The number of aliphatic carboxylic acids is 1. The van der Waals surface area contributed by atoms with Crippen molar-refractivity contribution < 1.29 is 32.6 Å². The third-order valence-electron chi connectivity index (χ3n) is 9.96. The number of amides is 1. The van der Waals surface area contributed by atoms with Crippen LogP contribution in [0.1, 0.15) is 54.6 Å². The van der Waals surface area contributed by atoms with E-state index < -0.39 is 29.2 Å². The van der Waals surface area contributed by atoms with E-state index in [1.807, 2.05) is 19.0 Å². The molecule has 4 bridgehead atoms. The molecule has 46 heavy (non-hydrogen) atoms. The first-order valence-corrected chi connectivity index (χ1v) is 16.1. The minimum absolute atomic E-state index is 0.0823. The van der Waals surface area contributed by atoms with Gasteiger partial charge in [0.25, 0.3) is 5.91 Å². The minimum Gasteiger partial charge on any atom is -0.492 e. The molecule has 1 aromatic heterocycles. The van der Waals surface area contributed by atoms with Crippen LogP contribution >= 0.6 is 11.6 Å². The summed E-state index contributed by atoms with van der Waals surface area (Å²) in [6.45, 7) is 1.15. The van der Waals surface area contributed by atoms with Crippen molar-refractivity contribution in [3.63, 3.8) is 0 Å². The largest absolute Gasteiger partial charge is 0.492 e. The molecular weight excluding hydrogens is 619 g/mol. The summed E-state index contributed by atoms with van der Waals surface area (Å²) in [6.07, 6.45) is 0.228. The molecule has 7 nitrogen and oxygen atoms in total. The van der Waals surface area contributed by atoms with Gasteiger partial charge in [0.2, 0.25) is 0 Å². The van der Waals surface area contributed by atoms with E-state index in [0.29, 0.717) is 34.8 Å². The highest BCUT2D eigenvalue weighted by atomic mass is 35.5. The molecule has 0 spiro atoms. The van der Waals surface area contributed by atoms with Gasteiger partial charge in [0.05, 0.1) is 22.9 Å². The Balaban J connectivity index is 1.40. The topological polar surface area (TPSA) is 91.8 Å². The summed E-state index contributed by atoms with van der Waals surface area (Å²) >= 11 is 6.44. The van der Waals surface area contributed by atoms with Crippen molar-refractivity contribution in [1.82, 2.24) is 15.2 Å². The van der Waals surface area contributed by atoms with E-state index in [-0.39, 0.29) is 34.4 Å². The van der Waals surface area contributed by atoms with Gasteiger partial charge in [-0.1, -0.05) is 35.9 Å². The third-order valence-corrected chi connectivity index (χ3v) is 10.3. The van der Waals surface area contributed by atoms with Gasteiger partial charge in [-0.3, -0.25) is 4.79 Å². The van der Waals surface area contributed by atoms with Crippen LogP contribution in [0.15, 0.2) is 54.6 Å². The second kappa shape index (κ2) is 12.5. The maximum atomic E-state index is 14.2. The van der Waals surface area contributed by atoms with Gasteiger partial charge in [0.1, 0.15) is 17.0 Å². The Morgan fingerprint density at radius 1 is 1.00 bits per heavy atom. The van der Waals surface area contributed by atoms with E-state index >= 15 is 0 Å². The molecule has 4 saturated carbocycles. The van der Waals surface area contributed by atoms with Crippen molar-refractivity contribution >= 4 is 23.5 Å². The van der Waals surface area contributed by atoms with Gasteiger partial charge in [-0.05, 0) is 112 Å². The predicted molar refractivity (Wildman–Crippen MR) is 169 cm³/mol. The van der Waals surface area contributed by atoms with Crippen LogP contribution in [-0.2, 0) is 11.0 Å². The van der Waals surface area contributed by atoms with E-state index in [4.69, 9.17) is 16.3 Å². The van der Waals surface area contributed by atoms with Gasteiger partial charge in [-0.15, -0.1) is 0 Å². The number of carboxylic acid groups (broad SMARTS) is 1. The zero-order valence-electron chi connectivity index (χ0n) is 25.7. The number of hydrogen-bond donors (Lipinski definition) is 2. The van der Waals surface area contributed by atoms with Gasteiger partial charge in [0, 0.05) is 17.7 Å². The van der Waals surface area contributed by atoms with E-state index in [0.717, 1.165) is 51.1 Å². The van der Waals surface area contributed by atoms with E-state index in [2.05, 4.69) is 10.3 Å². The molecule has 4 aliphatic rings. The van der Waals surface area contributed by atoms with Crippen molar-refractivity contribution in [2.24, 2.45) is 23.7 Å². The van der Waals surface area contributed by atoms with Crippen LogP contribution in [0.2, 0.25) is 5.02 Å². The van der Waals surface area contributed by atoms with Crippen LogP contribution in [0.4, 0.5) is 13.2 Å². The number of carboxylic acids is 1. The molecule has 7 rings (SSSR count). The average Bonchev–Trinajstić information content (AvgIpc) is 3.00. The Labute approximate surface area is 271 Å². The first-order valence-electron chi connectivity index (χ1n) is 15.7. The summed E-state index contributed by atoms with van der Waals surface area (Å²) in [6, 6.07) is 12.8. The average molecular weight is 656 g/mol. The molecule has 0 aliphatic heterocycles. The quantitative estimate of drug-likeness (QED) is 0.221. The highest BCUT2D eigenvalue weighted by Gasteiger charge is 2.62. The second-order valence-corrected chi connectivity index (χ2v) is 13.6. The minimum atomic E-state index is -4.64. The first kappa shape index (κ1) is 32.3. The smallest absolute Gasteiger partial charge is 0.417 e. The number of alkyl halides is 3. The van der Waals surface area contributed by atoms with Gasteiger partial charge in [-0.2, -0.15) is 13.2 Å². The lowest BCUT2D eigenvalue weighted by molar-refractivity contribution is -0.163. The normalized spacial score (nSPS) is 25.1. The Morgan fingerprint density at radius 3 is 2.30 bits per heavy atom. The Morgan fingerprint density at radius 2 is 1.67 bits per heavy atom. The number of carbonyl (C=O) groups excluding carboxylic acids is 1. The molecule has 11 heteroatoms. The summed E-state index contributed by atoms with van der Waals surface area (Å²) in [4.78, 5) is 33.4. The summed E-state index contributed by atoms with van der Waals surface area (Å²) in [5.74, 6) is -0.761. The molecular formula is C35H37ClF3N3O4. The number of ether oxygens (including phenoxy) is 1. The maximum Gasteiger partial charge on any atom is 0.417 e. The number of aromatic nitrogens is 1. The van der Waals surface area contributed by atoms with E-state index in [9.17, 15) is 27.9 Å². The van der Waals surface area contributed by atoms with Crippen molar-refractivity contribution in [1.29, 1.82) is 0 Å². The van der Waals surface area contributed by atoms with E-state index in [1.165, 1.54) is 30.3 Å². The summed E-state index contributed by atoms with van der Waals surface area (Å²) in [5, 5.41) is 13.8. The van der Waals surface area contributed by atoms with Gasteiger partial charge >= 0.3 is 12.1 Å². The van der Waals surface area contributed by atoms with Crippen molar-refractivity contribution in [2.75, 3.05) is 27.2 Å². The molecule has 2 N–H and O–H groups in total. The molecule has 2 aromatic carbocycles. The lowest BCUT2D eigenvalue weighted by atomic mass is 9.48. The summed E-state index contributed by atoms with van der Waals surface area (Å²) in [7, 11) is 3.90. The van der Waals surface area contributed by atoms with Crippen molar-refractivity contribution in [3.8, 4) is 28.1 Å². The molecule has 244 valence electrons. The lowest BCUT2D eigenvalue weighted by Gasteiger charge is -2.59. The second-order valence-electron chi connectivity index (χ2n) is 13.2. The standard InChI is InChI=1S/C35H37ClF3N3O4/c1-42(2)12-5-13-46-30-19-22(8-10-28(30)36)31-26(25-6-3-4-7-27(25)35(37,38)39)9-11-29(40-31)32(43)41-34(33(44)45)23-15-20-14-21(17-23)18-24(34)16-20/h3-4,6-11,19-21,23-24H,5,12-18H2,1-2H3,(H,41,43)(H,44,45). The van der Waals surface area contributed by atoms with Crippen LogP contribution in [0.25, 0.3) is 22.4 Å². The molecule has 0 saturated heterocycles. The number of nitrogens with one attached hydrogen (secondary N) is 1. The van der Waals surface area contributed by atoms with Crippen LogP contribution in [0.5, 0.6) is 5.75 Å². The summed E-state index contributed by atoms with van der Waals surface area (Å²) < 4.78 is 48.4.